The molecule has 2 unspecified atom stereocenters. The van der Waals surface area contributed by atoms with E-state index in [2.05, 4.69) is 6.92 Å². The molecule has 0 saturated heterocycles. The van der Waals surface area contributed by atoms with E-state index in [1.54, 1.807) is 11.3 Å². The number of hydrogen-bond acceptors (Lipinski definition) is 3. The third-order valence-corrected chi connectivity index (χ3v) is 4.68. The van der Waals surface area contributed by atoms with Gasteiger partial charge in [0.15, 0.2) is 5.78 Å². The molecular weight excluding hydrogens is 244 g/mol. The molecule has 1 saturated carbocycles. The smallest absolute Gasteiger partial charge is 0.169 e. The minimum atomic E-state index is -0.504. The topological polar surface area (TPSA) is 26.3 Å². The Kier molecular flexibility index (Phi) is 4.57. The highest BCUT2D eigenvalue weighted by atomic mass is 32.1. The fraction of sp³-hybridized carbons (Fsp3) is 0.667. The lowest BCUT2D eigenvalue weighted by atomic mass is 9.75. The second-order valence-electron chi connectivity index (χ2n) is 5.31. The van der Waals surface area contributed by atoms with Gasteiger partial charge >= 0.3 is 0 Å². The summed E-state index contributed by atoms with van der Waals surface area (Å²) in [6.07, 6.45) is 4.66. The molecule has 100 valence electrons. The average molecular weight is 266 g/mol. The minimum absolute atomic E-state index is 0.276. The van der Waals surface area contributed by atoms with Gasteiger partial charge in [0.05, 0.1) is 0 Å². The molecule has 0 bridgehead atoms. The molecule has 1 aliphatic rings. The Hall–Kier alpha value is -0.670. The van der Waals surface area contributed by atoms with Gasteiger partial charge in [0, 0.05) is 17.9 Å². The number of hydrogen-bond donors (Lipinski definition) is 0. The molecule has 2 rings (SSSR count). The van der Waals surface area contributed by atoms with E-state index in [4.69, 9.17) is 4.74 Å². The lowest BCUT2D eigenvalue weighted by Gasteiger charge is -2.38. The van der Waals surface area contributed by atoms with Crippen molar-refractivity contribution in [2.75, 3.05) is 6.61 Å². The summed E-state index contributed by atoms with van der Waals surface area (Å²) in [6, 6.07) is 4.04. The van der Waals surface area contributed by atoms with Crippen LogP contribution in [-0.2, 0) is 16.0 Å². The molecule has 0 spiro atoms. The first-order valence-corrected chi connectivity index (χ1v) is 7.74. The Labute approximate surface area is 113 Å². The van der Waals surface area contributed by atoms with E-state index in [9.17, 15) is 4.79 Å². The number of carbonyl (C=O) groups is 1. The molecule has 18 heavy (non-hydrogen) atoms. The van der Waals surface area contributed by atoms with Crippen molar-refractivity contribution in [1.82, 2.24) is 0 Å². The van der Waals surface area contributed by atoms with Gasteiger partial charge in [-0.05, 0) is 43.6 Å². The zero-order chi connectivity index (χ0) is 13.0. The summed E-state index contributed by atoms with van der Waals surface area (Å²) < 4.78 is 5.91. The van der Waals surface area contributed by atoms with E-state index in [0.717, 1.165) is 24.1 Å². The van der Waals surface area contributed by atoms with Gasteiger partial charge in [0.25, 0.3) is 0 Å². The standard InChI is InChI=1S/C15H22O2S/c1-3-17-15(8-4-6-12(2)11-15)14(16)10-13-7-5-9-18-13/h5,7,9,12H,3-4,6,8,10-11H2,1-2H3. The molecule has 0 amide bonds. The molecule has 2 atom stereocenters. The number of ether oxygens (including phenoxy) is 1. The van der Waals surface area contributed by atoms with Crippen LogP contribution < -0.4 is 0 Å². The lowest BCUT2D eigenvalue weighted by Crippen LogP contribution is -2.46. The van der Waals surface area contributed by atoms with Crippen LogP contribution in [0.1, 0.15) is 44.4 Å². The Morgan fingerprint density at radius 1 is 1.61 bits per heavy atom. The SMILES string of the molecule is CCOC1(C(=O)Cc2cccs2)CCCC(C)C1. The zero-order valence-corrected chi connectivity index (χ0v) is 12.1. The van der Waals surface area contributed by atoms with Gasteiger partial charge in [0.1, 0.15) is 5.60 Å². The second-order valence-corrected chi connectivity index (χ2v) is 6.34. The van der Waals surface area contributed by atoms with Crippen LogP contribution in [0, 0.1) is 5.92 Å². The first-order chi connectivity index (χ1) is 8.66. The first-order valence-electron chi connectivity index (χ1n) is 6.86. The van der Waals surface area contributed by atoms with E-state index in [0.29, 0.717) is 18.9 Å². The number of ketones is 1. The van der Waals surface area contributed by atoms with Gasteiger partial charge in [-0.1, -0.05) is 19.4 Å². The van der Waals surface area contributed by atoms with Crippen molar-refractivity contribution >= 4 is 17.1 Å². The Bertz CT molecular complexity index is 381. The van der Waals surface area contributed by atoms with Crippen LogP contribution in [0.3, 0.4) is 0 Å². The van der Waals surface area contributed by atoms with E-state index in [1.807, 2.05) is 24.4 Å². The quantitative estimate of drug-likeness (QED) is 0.809. The molecule has 0 aromatic carbocycles. The zero-order valence-electron chi connectivity index (χ0n) is 11.3. The van der Waals surface area contributed by atoms with Crippen LogP contribution in [0.4, 0.5) is 0 Å². The average Bonchev–Trinajstić information content (AvgIpc) is 2.82. The highest BCUT2D eigenvalue weighted by molar-refractivity contribution is 7.10. The first kappa shape index (κ1) is 13.8. The molecule has 1 aromatic rings. The third-order valence-electron chi connectivity index (χ3n) is 3.80. The fourth-order valence-electron chi connectivity index (χ4n) is 2.98. The highest BCUT2D eigenvalue weighted by Crippen LogP contribution is 2.36. The molecule has 3 heteroatoms. The van der Waals surface area contributed by atoms with Crippen molar-refractivity contribution in [3.63, 3.8) is 0 Å². The largest absolute Gasteiger partial charge is 0.367 e. The Morgan fingerprint density at radius 2 is 2.44 bits per heavy atom. The molecule has 1 aliphatic carbocycles. The van der Waals surface area contributed by atoms with E-state index < -0.39 is 5.60 Å². The maximum Gasteiger partial charge on any atom is 0.169 e. The molecule has 0 radical (unpaired) electrons. The summed E-state index contributed by atoms with van der Waals surface area (Å²) in [5.41, 5.74) is -0.504. The summed E-state index contributed by atoms with van der Waals surface area (Å²) in [5.74, 6) is 0.871. The molecule has 1 heterocycles. The highest BCUT2D eigenvalue weighted by Gasteiger charge is 2.41. The normalized spacial score (nSPS) is 28.2. The number of thiophene rings is 1. The maximum atomic E-state index is 12.6. The number of carbonyl (C=O) groups excluding carboxylic acids is 1. The molecule has 0 aliphatic heterocycles. The van der Waals surface area contributed by atoms with Gasteiger partial charge in [-0.25, -0.2) is 0 Å². The van der Waals surface area contributed by atoms with Gasteiger partial charge in [0.2, 0.25) is 0 Å². The van der Waals surface area contributed by atoms with E-state index in [1.165, 1.54) is 6.42 Å². The van der Waals surface area contributed by atoms with Crippen LogP contribution in [0.15, 0.2) is 17.5 Å². The maximum absolute atomic E-state index is 12.6. The van der Waals surface area contributed by atoms with Crippen LogP contribution in [0.2, 0.25) is 0 Å². The molecule has 1 aromatic heterocycles. The third kappa shape index (κ3) is 3.01. The van der Waals surface area contributed by atoms with Crippen molar-refractivity contribution in [3.8, 4) is 0 Å². The Balaban J connectivity index is 2.10. The second kappa shape index (κ2) is 5.98. The summed E-state index contributed by atoms with van der Waals surface area (Å²) >= 11 is 1.66. The van der Waals surface area contributed by atoms with Crippen LogP contribution in [0.25, 0.3) is 0 Å². The van der Waals surface area contributed by atoms with Crippen LogP contribution in [0.5, 0.6) is 0 Å². The summed E-state index contributed by atoms with van der Waals surface area (Å²) in [5, 5.41) is 2.03. The van der Waals surface area contributed by atoms with Crippen molar-refractivity contribution in [2.24, 2.45) is 5.92 Å². The van der Waals surface area contributed by atoms with Crippen molar-refractivity contribution in [2.45, 2.75) is 51.6 Å². The minimum Gasteiger partial charge on any atom is -0.367 e. The van der Waals surface area contributed by atoms with Crippen molar-refractivity contribution < 1.29 is 9.53 Å². The molecule has 2 nitrogen and oxygen atoms in total. The van der Waals surface area contributed by atoms with E-state index in [-0.39, 0.29) is 5.78 Å². The molecule has 0 N–H and O–H groups in total. The number of rotatable bonds is 5. The monoisotopic (exact) mass is 266 g/mol. The van der Waals surface area contributed by atoms with Gasteiger partial charge in [-0.2, -0.15) is 0 Å². The number of Topliss-reactive ketones (excluding diaryl/α,β-unsaturated/α-hetero) is 1. The van der Waals surface area contributed by atoms with Gasteiger partial charge in [-0.15, -0.1) is 11.3 Å². The van der Waals surface area contributed by atoms with E-state index >= 15 is 0 Å². The molecular formula is C15H22O2S. The summed E-state index contributed by atoms with van der Waals surface area (Å²) in [6.45, 7) is 4.84. The summed E-state index contributed by atoms with van der Waals surface area (Å²) in [4.78, 5) is 13.8. The fourth-order valence-corrected chi connectivity index (χ4v) is 3.68. The molecule has 1 fully saturated rings. The van der Waals surface area contributed by atoms with Gasteiger partial charge in [-0.3, -0.25) is 4.79 Å². The predicted octanol–water partition coefficient (Wildman–Crippen LogP) is 3.85. The Morgan fingerprint density at radius 3 is 3.06 bits per heavy atom. The summed E-state index contributed by atoms with van der Waals surface area (Å²) in [7, 11) is 0. The van der Waals surface area contributed by atoms with Crippen LogP contribution >= 0.6 is 11.3 Å². The van der Waals surface area contributed by atoms with Crippen LogP contribution in [-0.4, -0.2) is 18.0 Å². The van der Waals surface area contributed by atoms with Gasteiger partial charge < -0.3 is 4.74 Å². The van der Waals surface area contributed by atoms with Crippen molar-refractivity contribution in [1.29, 1.82) is 0 Å². The predicted molar refractivity (Wildman–Crippen MR) is 75.0 cm³/mol. The van der Waals surface area contributed by atoms with Crippen molar-refractivity contribution in [3.05, 3.63) is 22.4 Å². The lowest BCUT2D eigenvalue weighted by molar-refractivity contribution is -0.150.